The van der Waals surface area contributed by atoms with Crippen molar-refractivity contribution in [2.45, 2.75) is 25.6 Å². The average molecular weight is 350 g/mol. The number of nitrogens with two attached hydrogens (primary N) is 1. The fourth-order valence-corrected chi connectivity index (χ4v) is 3.08. The van der Waals surface area contributed by atoms with Gasteiger partial charge in [0.05, 0.1) is 19.3 Å². The summed E-state index contributed by atoms with van der Waals surface area (Å²) < 4.78 is 11.3. The van der Waals surface area contributed by atoms with Crippen LogP contribution in [0.1, 0.15) is 29.5 Å². The number of rotatable bonds is 5. The molecule has 1 atom stereocenters. The van der Waals surface area contributed by atoms with E-state index in [0.29, 0.717) is 12.2 Å². The van der Waals surface area contributed by atoms with Gasteiger partial charge in [0.2, 0.25) is 0 Å². The Morgan fingerprint density at radius 2 is 2.04 bits per heavy atom. The van der Waals surface area contributed by atoms with E-state index in [1.165, 1.54) is 0 Å². The Balaban J connectivity index is 1.99. The maximum absolute atomic E-state index is 12.1. The molecule has 1 unspecified atom stereocenters. The van der Waals surface area contributed by atoms with Crippen LogP contribution in [0.25, 0.3) is 11.1 Å². The number of nitrogens with one attached hydrogen (secondary N) is 1. The van der Waals surface area contributed by atoms with E-state index < -0.39 is 5.56 Å². The number of nitrogen functional groups attached to an aromatic ring is 1. The maximum atomic E-state index is 12.1. The molecule has 0 radical (unpaired) electrons. The molecule has 0 saturated carbocycles. The molecule has 3 rings (SSSR count). The first-order valence-electron chi connectivity index (χ1n) is 8.29. The van der Waals surface area contributed by atoms with Gasteiger partial charge >= 0.3 is 0 Å². The van der Waals surface area contributed by atoms with E-state index >= 15 is 0 Å². The molecule has 2 heterocycles. The number of aromatic amines is 1. The number of aromatic nitrogens is 1. The molecule has 7 heteroatoms. The highest BCUT2D eigenvalue weighted by molar-refractivity contribution is 5.81. The van der Waals surface area contributed by atoms with Gasteiger partial charge in [-0.05, 0) is 24.0 Å². The number of H-pyrrole nitrogens is 1. The molecular formula is C19H18N4O3. The van der Waals surface area contributed by atoms with Crippen molar-refractivity contribution < 1.29 is 9.47 Å². The fraction of sp³-hybridized carbons (Fsp3) is 0.316. The van der Waals surface area contributed by atoms with Gasteiger partial charge in [0.15, 0.2) is 0 Å². The Labute approximate surface area is 150 Å². The minimum Gasteiger partial charge on any atom is -0.384 e. The average Bonchev–Trinajstić information content (AvgIpc) is 3.15. The first-order chi connectivity index (χ1) is 12.7. The smallest absolute Gasteiger partial charge is 0.268 e. The van der Waals surface area contributed by atoms with Gasteiger partial charge in [-0.25, -0.2) is 0 Å². The summed E-state index contributed by atoms with van der Waals surface area (Å²) in [6.45, 7) is 1.51. The van der Waals surface area contributed by atoms with Gasteiger partial charge in [-0.1, -0.05) is 24.3 Å². The van der Waals surface area contributed by atoms with Crippen LogP contribution in [0.5, 0.6) is 0 Å². The van der Waals surface area contributed by atoms with Crippen LogP contribution < -0.4 is 11.3 Å². The summed E-state index contributed by atoms with van der Waals surface area (Å²) in [4.78, 5) is 14.5. The lowest BCUT2D eigenvalue weighted by Gasteiger charge is -2.15. The molecule has 1 fully saturated rings. The molecule has 0 amide bonds. The van der Waals surface area contributed by atoms with E-state index in [-0.39, 0.29) is 35.2 Å². The van der Waals surface area contributed by atoms with Crippen molar-refractivity contribution in [1.82, 2.24) is 4.98 Å². The number of nitriles is 2. The molecule has 3 N–H and O–H groups in total. The molecule has 1 aliphatic heterocycles. The predicted molar refractivity (Wildman–Crippen MR) is 95.0 cm³/mol. The zero-order valence-corrected chi connectivity index (χ0v) is 14.1. The first-order valence-corrected chi connectivity index (χ1v) is 8.29. The van der Waals surface area contributed by atoms with Crippen LogP contribution in [0.4, 0.5) is 5.82 Å². The fourth-order valence-electron chi connectivity index (χ4n) is 3.08. The van der Waals surface area contributed by atoms with Gasteiger partial charge < -0.3 is 20.2 Å². The summed E-state index contributed by atoms with van der Waals surface area (Å²) >= 11 is 0. The Morgan fingerprint density at radius 1 is 1.27 bits per heavy atom. The molecule has 0 spiro atoms. The zero-order valence-electron chi connectivity index (χ0n) is 14.1. The van der Waals surface area contributed by atoms with Crippen molar-refractivity contribution in [3.8, 4) is 23.3 Å². The number of benzene rings is 1. The third-order valence-corrected chi connectivity index (χ3v) is 4.34. The molecule has 7 nitrogen and oxygen atoms in total. The van der Waals surface area contributed by atoms with Gasteiger partial charge in [0.1, 0.15) is 29.1 Å². The van der Waals surface area contributed by atoms with Gasteiger partial charge in [0.25, 0.3) is 5.56 Å². The lowest BCUT2D eigenvalue weighted by Crippen LogP contribution is -2.17. The molecule has 0 bridgehead atoms. The molecule has 0 aliphatic carbocycles. The third-order valence-electron chi connectivity index (χ3n) is 4.34. The Bertz CT molecular complexity index is 947. The number of hydrogen-bond acceptors (Lipinski definition) is 6. The highest BCUT2D eigenvalue weighted by atomic mass is 16.5. The van der Waals surface area contributed by atoms with E-state index in [1.54, 1.807) is 12.1 Å². The standard InChI is InChI=1S/C19H18N4O3/c20-8-15-17(16(9-21)19(24)23-18(15)22)14-6-2-1-4-12(14)10-25-11-13-5-3-7-26-13/h1-2,4,6,13H,3,5,7,10-11H2,(H3,22,23,24). The quantitative estimate of drug-likeness (QED) is 0.850. The monoisotopic (exact) mass is 350 g/mol. The molecule has 1 aromatic heterocycles. The molecule has 2 aromatic rings. The third kappa shape index (κ3) is 3.45. The van der Waals surface area contributed by atoms with Crippen LogP contribution in [-0.4, -0.2) is 24.3 Å². The predicted octanol–water partition coefficient (Wildman–Crippen LogP) is 2.06. The van der Waals surface area contributed by atoms with Crippen LogP contribution >= 0.6 is 0 Å². The summed E-state index contributed by atoms with van der Waals surface area (Å²) in [6, 6.07) is 11.1. The van der Waals surface area contributed by atoms with Crippen molar-refractivity contribution >= 4 is 5.82 Å². The van der Waals surface area contributed by atoms with Crippen molar-refractivity contribution in [3.63, 3.8) is 0 Å². The Kier molecular flexibility index (Phi) is 5.33. The lowest BCUT2D eigenvalue weighted by molar-refractivity contribution is 0.0107. The largest absolute Gasteiger partial charge is 0.384 e. The van der Waals surface area contributed by atoms with Crippen molar-refractivity contribution in [1.29, 1.82) is 10.5 Å². The summed E-state index contributed by atoms with van der Waals surface area (Å²) in [5, 5.41) is 18.9. The molecule has 1 saturated heterocycles. The topological polar surface area (TPSA) is 125 Å². The van der Waals surface area contributed by atoms with E-state index in [1.807, 2.05) is 24.3 Å². The number of hydrogen-bond donors (Lipinski definition) is 2. The summed E-state index contributed by atoms with van der Waals surface area (Å²) in [6.07, 6.45) is 2.11. The minimum absolute atomic E-state index is 0.0541. The SMILES string of the molecule is N#Cc1c(N)[nH]c(=O)c(C#N)c1-c1ccccc1COCC1CCCO1. The summed E-state index contributed by atoms with van der Waals surface area (Å²) in [5.74, 6) is -0.0541. The molecule has 26 heavy (non-hydrogen) atoms. The summed E-state index contributed by atoms with van der Waals surface area (Å²) in [5.41, 5.74) is 6.71. The van der Waals surface area contributed by atoms with E-state index in [0.717, 1.165) is 25.0 Å². The van der Waals surface area contributed by atoms with E-state index in [9.17, 15) is 15.3 Å². The van der Waals surface area contributed by atoms with Crippen LogP contribution in [0.3, 0.4) is 0 Å². The second-order valence-electron chi connectivity index (χ2n) is 6.02. The Morgan fingerprint density at radius 3 is 2.73 bits per heavy atom. The van der Waals surface area contributed by atoms with Crippen molar-refractivity contribution in [3.05, 3.63) is 51.3 Å². The molecule has 1 aromatic carbocycles. The van der Waals surface area contributed by atoms with Gasteiger partial charge in [-0.15, -0.1) is 0 Å². The molecule has 1 aliphatic rings. The molecule has 132 valence electrons. The van der Waals surface area contributed by atoms with E-state index in [4.69, 9.17) is 15.2 Å². The Hall–Kier alpha value is -3.13. The zero-order chi connectivity index (χ0) is 18.5. The minimum atomic E-state index is -0.617. The molecular weight excluding hydrogens is 332 g/mol. The highest BCUT2D eigenvalue weighted by Gasteiger charge is 2.21. The van der Waals surface area contributed by atoms with Gasteiger partial charge in [0, 0.05) is 12.2 Å². The van der Waals surface area contributed by atoms with Crippen LogP contribution in [0.15, 0.2) is 29.1 Å². The number of pyridine rings is 1. The number of nitrogens with zero attached hydrogens (tertiary/aromatic N) is 2. The van der Waals surface area contributed by atoms with Crippen LogP contribution in [0, 0.1) is 22.7 Å². The second kappa shape index (κ2) is 7.83. The second-order valence-corrected chi connectivity index (χ2v) is 6.02. The summed E-state index contributed by atoms with van der Waals surface area (Å²) in [7, 11) is 0. The normalized spacial score (nSPS) is 16.2. The van der Waals surface area contributed by atoms with Crippen molar-refractivity contribution in [2.75, 3.05) is 18.9 Å². The van der Waals surface area contributed by atoms with Crippen LogP contribution in [0.2, 0.25) is 0 Å². The lowest BCUT2D eigenvalue weighted by atomic mass is 9.93. The maximum Gasteiger partial charge on any atom is 0.268 e. The number of anilines is 1. The highest BCUT2D eigenvalue weighted by Crippen LogP contribution is 2.31. The van der Waals surface area contributed by atoms with Gasteiger partial charge in [-0.2, -0.15) is 10.5 Å². The first kappa shape index (κ1) is 17.7. The van der Waals surface area contributed by atoms with Crippen molar-refractivity contribution in [2.24, 2.45) is 0 Å². The van der Waals surface area contributed by atoms with Gasteiger partial charge in [-0.3, -0.25) is 4.79 Å². The van der Waals surface area contributed by atoms with E-state index in [2.05, 4.69) is 4.98 Å². The van der Waals surface area contributed by atoms with Crippen LogP contribution in [-0.2, 0) is 16.1 Å². The number of ether oxygens (including phenoxy) is 2.